The first-order valence-electron chi connectivity index (χ1n) is 10.9. The highest BCUT2D eigenvalue weighted by Gasteiger charge is 2.35. The fraction of sp³-hybridized carbons (Fsp3) is 0.952. The Hall–Kier alpha value is -0.0400. The molecule has 0 spiro atoms. The van der Waals surface area contributed by atoms with Gasteiger partial charge in [0.1, 0.15) is 0 Å². The summed E-state index contributed by atoms with van der Waals surface area (Å²) in [6.45, 7) is 15.1. The van der Waals surface area contributed by atoms with Crippen LogP contribution in [-0.4, -0.2) is 61.6 Å². The molecular formula is C21H41IN4. The van der Waals surface area contributed by atoms with Crippen molar-refractivity contribution in [3.05, 3.63) is 0 Å². The molecule has 26 heavy (non-hydrogen) atoms. The van der Waals surface area contributed by atoms with E-state index in [1.54, 1.807) is 0 Å². The lowest BCUT2D eigenvalue weighted by Gasteiger charge is -2.33. The number of aliphatic imine (C=N–C) groups is 1. The predicted octanol–water partition coefficient (Wildman–Crippen LogP) is 4.06. The lowest BCUT2D eigenvalue weighted by atomic mass is 9.82. The molecule has 0 aromatic carbocycles. The Morgan fingerprint density at radius 3 is 2.35 bits per heavy atom. The summed E-state index contributed by atoms with van der Waals surface area (Å²) in [5, 5.41) is 3.58. The van der Waals surface area contributed by atoms with Crippen LogP contribution >= 0.6 is 24.0 Å². The Bertz CT molecular complexity index is 426. The standard InChI is InChI=1S/C21H40N4.HI/c1-4-22-21(25-15-19-9-5-6-10-20(19)16-25)23-12-18-8-7-11-24(14-18)13-17(2)3;/h17-20H,4-16H2,1-3H3,(H,22,23);1H. The van der Waals surface area contributed by atoms with Gasteiger partial charge in [-0.25, -0.2) is 0 Å². The monoisotopic (exact) mass is 476 g/mol. The highest BCUT2D eigenvalue weighted by molar-refractivity contribution is 14.0. The van der Waals surface area contributed by atoms with Crippen molar-refractivity contribution >= 4 is 29.9 Å². The number of hydrogen-bond donors (Lipinski definition) is 1. The number of guanidine groups is 1. The zero-order valence-corrected chi connectivity index (χ0v) is 19.6. The average molecular weight is 476 g/mol. The van der Waals surface area contributed by atoms with E-state index in [1.165, 1.54) is 77.2 Å². The quantitative estimate of drug-likeness (QED) is 0.369. The minimum Gasteiger partial charge on any atom is -0.357 e. The Labute approximate surface area is 178 Å². The van der Waals surface area contributed by atoms with Crippen LogP contribution in [0.25, 0.3) is 0 Å². The molecule has 3 fully saturated rings. The molecule has 1 saturated carbocycles. The van der Waals surface area contributed by atoms with Gasteiger partial charge in [-0.3, -0.25) is 4.99 Å². The van der Waals surface area contributed by atoms with Crippen molar-refractivity contribution in [2.75, 3.05) is 45.8 Å². The fourth-order valence-corrected chi connectivity index (χ4v) is 5.20. The summed E-state index contributed by atoms with van der Waals surface area (Å²) in [5.74, 6) is 4.55. The number of hydrogen-bond acceptors (Lipinski definition) is 2. The van der Waals surface area contributed by atoms with Crippen LogP contribution in [0.3, 0.4) is 0 Å². The van der Waals surface area contributed by atoms with E-state index in [4.69, 9.17) is 4.99 Å². The van der Waals surface area contributed by atoms with Crippen LogP contribution in [0.15, 0.2) is 4.99 Å². The van der Waals surface area contributed by atoms with Gasteiger partial charge in [-0.15, -0.1) is 24.0 Å². The van der Waals surface area contributed by atoms with E-state index in [1.807, 2.05) is 0 Å². The maximum Gasteiger partial charge on any atom is 0.193 e. The molecule has 2 aliphatic heterocycles. The molecule has 152 valence electrons. The van der Waals surface area contributed by atoms with E-state index in [0.717, 1.165) is 36.8 Å². The first-order valence-corrected chi connectivity index (χ1v) is 10.9. The van der Waals surface area contributed by atoms with Crippen molar-refractivity contribution < 1.29 is 0 Å². The molecular weight excluding hydrogens is 435 g/mol. The number of likely N-dealkylation sites (tertiary alicyclic amines) is 2. The van der Waals surface area contributed by atoms with E-state index in [-0.39, 0.29) is 24.0 Å². The van der Waals surface area contributed by atoms with Crippen LogP contribution in [0.1, 0.15) is 59.3 Å². The third-order valence-electron chi connectivity index (χ3n) is 6.34. The van der Waals surface area contributed by atoms with E-state index < -0.39 is 0 Å². The number of halogens is 1. The van der Waals surface area contributed by atoms with Crippen LogP contribution in [0.4, 0.5) is 0 Å². The topological polar surface area (TPSA) is 30.9 Å². The van der Waals surface area contributed by atoms with E-state index in [2.05, 4.69) is 35.9 Å². The summed E-state index contributed by atoms with van der Waals surface area (Å²) in [4.78, 5) is 10.3. The average Bonchev–Trinajstić information content (AvgIpc) is 3.02. The normalized spacial score (nSPS) is 30.2. The third kappa shape index (κ3) is 6.25. The molecule has 2 saturated heterocycles. The van der Waals surface area contributed by atoms with Crippen molar-refractivity contribution in [1.82, 2.24) is 15.1 Å². The van der Waals surface area contributed by atoms with Crippen molar-refractivity contribution in [3.8, 4) is 0 Å². The molecule has 5 heteroatoms. The van der Waals surface area contributed by atoms with Crippen LogP contribution in [0.2, 0.25) is 0 Å². The third-order valence-corrected chi connectivity index (χ3v) is 6.34. The molecule has 0 aromatic heterocycles. The summed E-state index contributed by atoms with van der Waals surface area (Å²) in [5.41, 5.74) is 0. The van der Waals surface area contributed by atoms with Crippen molar-refractivity contribution in [2.24, 2.45) is 28.7 Å². The largest absolute Gasteiger partial charge is 0.357 e. The molecule has 1 aliphatic carbocycles. The van der Waals surface area contributed by atoms with Gasteiger partial charge in [-0.2, -0.15) is 0 Å². The zero-order chi connectivity index (χ0) is 17.6. The van der Waals surface area contributed by atoms with Crippen LogP contribution in [0.5, 0.6) is 0 Å². The maximum absolute atomic E-state index is 5.10. The summed E-state index contributed by atoms with van der Waals surface area (Å²) in [7, 11) is 0. The van der Waals surface area contributed by atoms with Gasteiger partial charge in [0.05, 0.1) is 0 Å². The number of nitrogens with one attached hydrogen (secondary N) is 1. The number of rotatable bonds is 5. The van der Waals surface area contributed by atoms with Gasteiger partial charge < -0.3 is 15.1 Å². The molecule has 0 radical (unpaired) electrons. The lowest BCUT2D eigenvalue weighted by molar-refractivity contribution is 0.162. The Kier molecular flexibility index (Phi) is 9.48. The molecule has 4 nitrogen and oxygen atoms in total. The van der Waals surface area contributed by atoms with Gasteiger partial charge in [0, 0.05) is 39.3 Å². The van der Waals surface area contributed by atoms with E-state index >= 15 is 0 Å². The molecule has 3 atom stereocenters. The molecule has 3 rings (SSSR count). The molecule has 0 bridgehead atoms. The smallest absolute Gasteiger partial charge is 0.193 e. The fourth-order valence-electron chi connectivity index (χ4n) is 5.20. The molecule has 0 amide bonds. The predicted molar refractivity (Wildman–Crippen MR) is 122 cm³/mol. The number of nitrogens with zero attached hydrogens (tertiary/aromatic N) is 3. The molecule has 3 unspecified atom stereocenters. The second-order valence-corrected chi connectivity index (χ2v) is 9.07. The molecule has 0 aromatic rings. The van der Waals surface area contributed by atoms with Crippen LogP contribution in [0, 0.1) is 23.7 Å². The second-order valence-electron chi connectivity index (χ2n) is 9.07. The summed E-state index contributed by atoms with van der Waals surface area (Å²) < 4.78 is 0. The lowest BCUT2D eigenvalue weighted by Crippen LogP contribution is -2.42. The van der Waals surface area contributed by atoms with Gasteiger partial charge >= 0.3 is 0 Å². The van der Waals surface area contributed by atoms with Gasteiger partial charge in [0.25, 0.3) is 0 Å². The Balaban J connectivity index is 0.00000243. The number of piperidine rings is 1. The van der Waals surface area contributed by atoms with Gasteiger partial charge in [0.2, 0.25) is 0 Å². The SMILES string of the molecule is CCNC(=NCC1CCCN(CC(C)C)C1)N1CC2CCCCC2C1.I. The minimum absolute atomic E-state index is 0. The molecule has 1 N–H and O–H groups in total. The highest BCUT2D eigenvalue weighted by atomic mass is 127. The summed E-state index contributed by atoms with van der Waals surface area (Å²) >= 11 is 0. The first-order chi connectivity index (χ1) is 12.2. The summed E-state index contributed by atoms with van der Waals surface area (Å²) in [6, 6.07) is 0. The number of fused-ring (bicyclic) bond motifs is 1. The first kappa shape index (κ1) is 22.3. The maximum atomic E-state index is 5.10. The van der Waals surface area contributed by atoms with Crippen molar-refractivity contribution in [3.63, 3.8) is 0 Å². The summed E-state index contributed by atoms with van der Waals surface area (Å²) in [6.07, 6.45) is 8.45. The van der Waals surface area contributed by atoms with Gasteiger partial charge in [-0.1, -0.05) is 26.7 Å². The van der Waals surface area contributed by atoms with Crippen molar-refractivity contribution in [2.45, 2.75) is 59.3 Å². The van der Waals surface area contributed by atoms with Crippen LogP contribution in [-0.2, 0) is 0 Å². The van der Waals surface area contributed by atoms with E-state index in [9.17, 15) is 0 Å². The Morgan fingerprint density at radius 2 is 1.73 bits per heavy atom. The van der Waals surface area contributed by atoms with Crippen LogP contribution < -0.4 is 5.32 Å². The zero-order valence-electron chi connectivity index (χ0n) is 17.3. The van der Waals surface area contributed by atoms with Crippen molar-refractivity contribution in [1.29, 1.82) is 0 Å². The Morgan fingerprint density at radius 1 is 1.04 bits per heavy atom. The molecule has 3 aliphatic rings. The highest BCUT2D eigenvalue weighted by Crippen LogP contribution is 2.36. The minimum atomic E-state index is 0. The van der Waals surface area contributed by atoms with Gasteiger partial charge in [-0.05, 0) is 62.8 Å². The second kappa shape index (κ2) is 11.1. The van der Waals surface area contributed by atoms with E-state index in [0.29, 0.717) is 0 Å². The molecule has 2 heterocycles. The van der Waals surface area contributed by atoms with Gasteiger partial charge in [0.15, 0.2) is 5.96 Å².